The molecule has 34 heavy (non-hydrogen) atoms. The molecule has 2 aliphatic heterocycles. The molecule has 0 aliphatic carbocycles. The number of urea groups is 1. The highest BCUT2D eigenvalue weighted by molar-refractivity contribution is 5.89. The predicted octanol–water partition coefficient (Wildman–Crippen LogP) is 4.76. The summed E-state index contributed by atoms with van der Waals surface area (Å²) in [5.74, 6) is 0.770. The molecule has 1 fully saturated rings. The largest absolute Gasteiger partial charge is 0.465 e. The van der Waals surface area contributed by atoms with Gasteiger partial charge in [-0.05, 0) is 49.4 Å². The number of nitrogens with zero attached hydrogens (tertiary/aromatic N) is 3. The van der Waals surface area contributed by atoms with E-state index in [4.69, 9.17) is 14.7 Å². The Labute approximate surface area is 199 Å². The summed E-state index contributed by atoms with van der Waals surface area (Å²) in [5, 5.41) is 15.5. The van der Waals surface area contributed by atoms with Crippen LogP contribution in [0.4, 0.5) is 15.3 Å². The van der Waals surface area contributed by atoms with Crippen molar-refractivity contribution >= 4 is 17.8 Å². The third-order valence-corrected chi connectivity index (χ3v) is 6.37. The van der Waals surface area contributed by atoms with Crippen LogP contribution in [0.1, 0.15) is 69.4 Å². The van der Waals surface area contributed by atoms with Crippen LogP contribution in [0.5, 0.6) is 0 Å². The van der Waals surface area contributed by atoms with Crippen molar-refractivity contribution in [3.8, 4) is 11.4 Å². The first-order chi connectivity index (χ1) is 16.2. The quantitative estimate of drug-likeness (QED) is 0.597. The second-order valence-corrected chi connectivity index (χ2v) is 9.92. The van der Waals surface area contributed by atoms with Gasteiger partial charge in [0.15, 0.2) is 5.82 Å². The monoisotopic (exact) mass is 467 g/mol. The number of benzene rings is 1. The molecule has 4 rings (SSSR count). The molecule has 0 saturated carbocycles. The molecule has 182 valence electrons. The molecular formula is C25H33N5O4. The summed E-state index contributed by atoms with van der Waals surface area (Å²) in [5.41, 5.74) is 3.86. The molecule has 2 aromatic rings. The first-order valence-corrected chi connectivity index (χ1v) is 11.8. The number of carbonyl (C=O) groups excluding carboxylic acids is 1. The minimum absolute atomic E-state index is 0.196. The van der Waals surface area contributed by atoms with Crippen LogP contribution in [-0.2, 0) is 11.3 Å². The van der Waals surface area contributed by atoms with Crippen LogP contribution in [0.25, 0.3) is 11.4 Å². The zero-order valence-corrected chi connectivity index (χ0v) is 20.2. The Kier molecular flexibility index (Phi) is 6.74. The topological polar surface area (TPSA) is 117 Å². The maximum absolute atomic E-state index is 12.2. The Morgan fingerprint density at radius 1 is 1.15 bits per heavy atom. The van der Waals surface area contributed by atoms with Gasteiger partial charge in [0, 0.05) is 42.5 Å². The van der Waals surface area contributed by atoms with Crippen molar-refractivity contribution in [2.24, 2.45) is 5.41 Å². The highest BCUT2D eigenvalue weighted by Gasteiger charge is 2.45. The predicted molar refractivity (Wildman–Crippen MR) is 129 cm³/mol. The Balaban J connectivity index is 1.76. The van der Waals surface area contributed by atoms with E-state index in [1.165, 1.54) is 4.90 Å². The van der Waals surface area contributed by atoms with E-state index in [1.54, 1.807) is 0 Å². The van der Waals surface area contributed by atoms with Crippen molar-refractivity contribution in [3.63, 3.8) is 0 Å². The standard InChI is InChI=1S/C25H33N5O4/c1-5-26-23(31)27-17-8-6-16(7-9-17)22-28-18-14-30(24(32)33)21(25(2,3)4)19(18)20(29-22)15-10-12-34-13-11-15/h6-9,15,21H,5,10-14H2,1-4H3,(H,32,33)(H2,26,27,31). The Bertz CT molecular complexity index is 1060. The van der Waals surface area contributed by atoms with Crippen molar-refractivity contribution in [3.05, 3.63) is 41.2 Å². The van der Waals surface area contributed by atoms with Crippen LogP contribution in [0, 0.1) is 5.41 Å². The first kappa shape index (κ1) is 23.9. The number of aromatic nitrogens is 2. The fourth-order valence-corrected chi connectivity index (χ4v) is 4.89. The molecule has 9 heteroatoms. The average Bonchev–Trinajstić information content (AvgIpc) is 3.20. The van der Waals surface area contributed by atoms with E-state index in [0.717, 1.165) is 35.4 Å². The fraction of sp³-hybridized carbons (Fsp3) is 0.520. The number of carboxylic acid groups (broad SMARTS) is 1. The summed E-state index contributed by atoms with van der Waals surface area (Å²) in [6.07, 6.45) is 0.753. The second-order valence-electron chi connectivity index (χ2n) is 9.92. The van der Waals surface area contributed by atoms with Gasteiger partial charge in [0.2, 0.25) is 0 Å². The summed E-state index contributed by atoms with van der Waals surface area (Å²) in [4.78, 5) is 35.3. The molecule has 1 atom stereocenters. The molecule has 2 aliphatic rings. The van der Waals surface area contributed by atoms with Crippen LogP contribution >= 0.6 is 0 Å². The minimum atomic E-state index is -0.946. The van der Waals surface area contributed by atoms with E-state index in [9.17, 15) is 14.7 Å². The summed E-state index contributed by atoms with van der Waals surface area (Å²) in [7, 11) is 0. The van der Waals surface area contributed by atoms with Crippen molar-refractivity contribution in [2.45, 2.75) is 59.0 Å². The summed E-state index contributed by atoms with van der Waals surface area (Å²) in [6.45, 7) is 10.2. The number of amides is 3. The third kappa shape index (κ3) is 4.84. The van der Waals surface area contributed by atoms with Gasteiger partial charge in [-0.1, -0.05) is 20.8 Å². The van der Waals surface area contributed by atoms with Crippen LogP contribution in [-0.4, -0.2) is 51.9 Å². The molecule has 0 spiro atoms. The Morgan fingerprint density at radius 3 is 2.41 bits per heavy atom. The summed E-state index contributed by atoms with van der Waals surface area (Å²) in [6, 6.07) is 6.82. The maximum Gasteiger partial charge on any atom is 0.408 e. The van der Waals surface area contributed by atoms with Crippen molar-refractivity contribution in [2.75, 3.05) is 25.1 Å². The molecule has 1 unspecified atom stereocenters. The van der Waals surface area contributed by atoms with E-state index in [1.807, 2.05) is 31.2 Å². The molecule has 0 radical (unpaired) electrons. The van der Waals surface area contributed by atoms with E-state index in [-0.39, 0.29) is 30.0 Å². The minimum Gasteiger partial charge on any atom is -0.465 e. The van der Waals surface area contributed by atoms with Gasteiger partial charge in [-0.25, -0.2) is 19.6 Å². The number of rotatable bonds is 4. The molecular weight excluding hydrogens is 434 g/mol. The van der Waals surface area contributed by atoms with Gasteiger partial charge in [-0.3, -0.25) is 4.90 Å². The summed E-state index contributed by atoms with van der Waals surface area (Å²) >= 11 is 0. The zero-order valence-electron chi connectivity index (χ0n) is 20.2. The molecule has 9 nitrogen and oxygen atoms in total. The normalized spacial score (nSPS) is 18.5. The number of hydrogen-bond donors (Lipinski definition) is 3. The van der Waals surface area contributed by atoms with Crippen molar-refractivity contribution < 1.29 is 19.4 Å². The number of anilines is 1. The SMILES string of the molecule is CCNC(=O)Nc1ccc(-c2nc3c(c(C4CCOCC4)n2)C(C(C)(C)C)N(C(=O)O)C3)cc1. The van der Waals surface area contributed by atoms with Gasteiger partial charge in [-0.2, -0.15) is 0 Å². The lowest BCUT2D eigenvalue weighted by atomic mass is 9.79. The number of hydrogen-bond acceptors (Lipinski definition) is 5. The lowest BCUT2D eigenvalue weighted by Gasteiger charge is -2.35. The maximum atomic E-state index is 12.2. The van der Waals surface area contributed by atoms with E-state index in [0.29, 0.717) is 31.3 Å². The highest BCUT2D eigenvalue weighted by Crippen LogP contribution is 2.48. The number of nitrogens with one attached hydrogen (secondary N) is 2. The molecule has 1 aromatic carbocycles. The Morgan fingerprint density at radius 2 is 1.82 bits per heavy atom. The lowest BCUT2D eigenvalue weighted by Crippen LogP contribution is -2.36. The fourth-order valence-electron chi connectivity index (χ4n) is 4.89. The van der Waals surface area contributed by atoms with Gasteiger partial charge in [0.25, 0.3) is 0 Å². The summed E-state index contributed by atoms with van der Waals surface area (Å²) < 4.78 is 5.58. The lowest BCUT2D eigenvalue weighted by molar-refractivity contribution is 0.0803. The van der Waals surface area contributed by atoms with Gasteiger partial charge < -0.3 is 20.5 Å². The number of ether oxygens (including phenoxy) is 1. The zero-order chi connectivity index (χ0) is 24.5. The molecule has 3 amide bonds. The number of carbonyl (C=O) groups is 2. The average molecular weight is 468 g/mol. The van der Waals surface area contributed by atoms with Crippen molar-refractivity contribution in [1.29, 1.82) is 0 Å². The first-order valence-electron chi connectivity index (χ1n) is 11.8. The molecule has 3 heterocycles. The van der Waals surface area contributed by atoms with Crippen LogP contribution in [0.2, 0.25) is 0 Å². The van der Waals surface area contributed by atoms with E-state index in [2.05, 4.69) is 31.4 Å². The van der Waals surface area contributed by atoms with E-state index >= 15 is 0 Å². The van der Waals surface area contributed by atoms with Gasteiger partial charge in [0.05, 0.1) is 24.0 Å². The van der Waals surface area contributed by atoms with Crippen LogP contribution in [0.15, 0.2) is 24.3 Å². The number of fused-ring (bicyclic) bond motifs is 1. The molecule has 0 bridgehead atoms. The van der Waals surface area contributed by atoms with Crippen LogP contribution in [0.3, 0.4) is 0 Å². The third-order valence-electron chi connectivity index (χ3n) is 6.37. The highest BCUT2D eigenvalue weighted by atomic mass is 16.5. The molecule has 3 N–H and O–H groups in total. The Hall–Kier alpha value is -3.20. The van der Waals surface area contributed by atoms with Crippen molar-refractivity contribution in [1.82, 2.24) is 20.2 Å². The second kappa shape index (κ2) is 9.58. The van der Waals surface area contributed by atoms with Gasteiger partial charge >= 0.3 is 12.1 Å². The van der Waals surface area contributed by atoms with Crippen LogP contribution < -0.4 is 10.6 Å². The van der Waals surface area contributed by atoms with E-state index < -0.39 is 6.09 Å². The molecule has 1 saturated heterocycles. The van der Waals surface area contributed by atoms with Gasteiger partial charge in [-0.15, -0.1) is 0 Å². The smallest absolute Gasteiger partial charge is 0.408 e. The molecule has 1 aromatic heterocycles. The van der Waals surface area contributed by atoms with Gasteiger partial charge in [0.1, 0.15) is 0 Å².